The van der Waals surface area contributed by atoms with E-state index in [1.165, 1.54) is 25.2 Å². The van der Waals surface area contributed by atoms with Crippen LogP contribution in [-0.2, 0) is 32.6 Å². The van der Waals surface area contributed by atoms with Crippen molar-refractivity contribution in [3.63, 3.8) is 0 Å². The highest BCUT2D eigenvalue weighted by Gasteiger charge is 2.34. The number of benzene rings is 3. The molecular weight excluding hydrogens is 578 g/mol. The zero-order valence-corrected chi connectivity index (χ0v) is 26.1. The zero-order valence-electron chi connectivity index (χ0n) is 24.5. The molecule has 0 aliphatic heterocycles. The summed E-state index contributed by atoms with van der Waals surface area (Å²) in [6, 6.07) is 20.0. The first-order chi connectivity index (χ1) is 20.0. The number of amides is 2. The molecule has 0 aromatic heterocycles. The van der Waals surface area contributed by atoms with Crippen LogP contribution < -0.4 is 19.1 Å². The number of ether oxygens (including phenoxy) is 2. The quantitative estimate of drug-likeness (QED) is 0.282. The second-order valence-corrected chi connectivity index (χ2v) is 12.3. The highest BCUT2D eigenvalue weighted by molar-refractivity contribution is 7.92. The first-order valence-electron chi connectivity index (χ1n) is 13.5. The number of nitrogens with zero attached hydrogens (tertiary/aromatic N) is 2. The molecule has 3 aromatic rings. The van der Waals surface area contributed by atoms with Crippen molar-refractivity contribution in [3.05, 3.63) is 88.9 Å². The second-order valence-electron chi connectivity index (χ2n) is 9.98. The van der Waals surface area contributed by atoms with Crippen LogP contribution in [0.4, 0.5) is 5.69 Å². The van der Waals surface area contributed by atoms with Crippen molar-refractivity contribution in [2.75, 3.05) is 31.3 Å². The lowest BCUT2D eigenvalue weighted by Gasteiger charge is -2.34. The van der Waals surface area contributed by atoms with E-state index in [1.54, 1.807) is 36.4 Å². The Kier molecular flexibility index (Phi) is 11.6. The summed E-state index contributed by atoms with van der Waals surface area (Å²) in [7, 11) is -1.12. The number of methoxy groups -OCH3 is 2. The van der Waals surface area contributed by atoms with Gasteiger partial charge in [-0.2, -0.15) is 0 Å². The van der Waals surface area contributed by atoms with E-state index in [1.807, 2.05) is 44.2 Å². The third kappa shape index (κ3) is 8.87. The molecule has 9 nitrogen and oxygen atoms in total. The summed E-state index contributed by atoms with van der Waals surface area (Å²) in [6.07, 6.45) is 1.93. The summed E-state index contributed by atoms with van der Waals surface area (Å²) in [5.74, 6) is -0.290. The summed E-state index contributed by atoms with van der Waals surface area (Å²) in [5.41, 5.74) is 1.68. The minimum absolute atomic E-state index is 0.0255. The minimum Gasteiger partial charge on any atom is -0.497 e. The van der Waals surface area contributed by atoms with E-state index in [-0.39, 0.29) is 36.4 Å². The normalized spacial score (nSPS) is 12.6. The number of sulfonamides is 1. The van der Waals surface area contributed by atoms with Gasteiger partial charge >= 0.3 is 0 Å². The van der Waals surface area contributed by atoms with E-state index in [9.17, 15) is 18.0 Å². The maximum atomic E-state index is 14.2. The van der Waals surface area contributed by atoms with E-state index in [2.05, 4.69) is 5.32 Å². The summed E-state index contributed by atoms with van der Waals surface area (Å²) in [5, 5.41) is 3.48. The fraction of sp³-hybridized carbons (Fsp3) is 0.355. The number of carbonyl (C=O) groups excluding carboxylic acids is 2. The van der Waals surface area contributed by atoms with Crippen molar-refractivity contribution in [3.8, 4) is 11.5 Å². The number of rotatable bonds is 14. The van der Waals surface area contributed by atoms with E-state index < -0.39 is 28.5 Å². The third-order valence-electron chi connectivity index (χ3n) is 6.85. The molecule has 11 heteroatoms. The number of halogens is 1. The van der Waals surface area contributed by atoms with Crippen molar-refractivity contribution in [2.24, 2.45) is 0 Å². The van der Waals surface area contributed by atoms with Gasteiger partial charge < -0.3 is 19.7 Å². The van der Waals surface area contributed by atoms with Gasteiger partial charge in [-0.3, -0.25) is 13.9 Å². The molecule has 0 saturated heterocycles. The molecule has 3 rings (SSSR count). The lowest BCUT2D eigenvalue weighted by Crippen LogP contribution is -2.54. The molecule has 0 spiro atoms. The molecule has 0 radical (unpaired) electrons. The predicted molar refractivity (Wildman–Crippen MR) is 166 cm³/mol. The zero-order chi connectivity index (χ0) is 30.9. The fourth-order valence-electron chi connectivity index (χ4n) is 4.41. The van der Waals surface area contributed by atoms with Crippen LogP contribution in [0.15, 0.2) is 72.8 Å². The van der Waals surface area contributed by atoms with E-state index >= 15 is 0 Å². The highest BCUT2D eigenvalue weighted by Crippen LogP contribution is 2.34. The lowest BCUT2D eigenvalue weighted by molar-refractivity contribution is -0.140. The predicted octanol–water partition coefficient (Wildman–Crippen LogP) is 4.68. The van der Waals surface area contributed by atoms with Crippen molar-refractivity contribution in [1.82, 2.24) is 10.2 Å². The summed E-state index contributed by atoms with van der Waals surface area (Å²) < 4.78 is 37.9. The largest absolute Gasteiger partial charge is 0.497 e. The average molecular weight is 616 g/mol. The summed E-state index contributed by atoms with van der Waals surface area (Å²) >= 11 is 6.26. The van der Waals surface area contributed by atoms with Crippen LogP contribution in [0.25, 0.3) is 0 Å². The molecule has 2 amide bonds. The molecule has 226 valence electrons. The van der Waals surface area contributed by atoms with Gasteiger partial charge in [0.2, 0.25) is 21.8 Å². The van der Waals surface area contributed by atoms with Gasteiger partial charge in [-0.25, -0.2) is 8.42 Å². The molecule has 0 aliphatic rings. The van der Waals surface area contributed by atoms with Gasteiger partial charge in [0, 0.05) is 30.1 Å². The maximum Gasteiger partial charge on any atom is 0.244 e. The number of anilines is 1. The molecule has 0 saturated carbocycles. The van der Waals surface area contributed by atoms with Crippen molar-refractivity contribution in [2.45, 2.75) is 45.3 Å². The Morgan fingerprint density at radius 2 is 1.64 bits per heavy atom. The van der Waals surface area contributed by atoms with Gasteiger partial charge in [-0.1, -0.05) is 61.0 Å². The molecule has 3 aromatic carbocycles. The van der Waals surface area contributed by atoms with Crippen LogP contribution in [0.2, 0.25) is 5.02 Å². The van der Waals surface area contributed by atoms with Gasteiger partial charge in [-0.05, 0) is 48.7 Å². The van der Waals surface area contributed by atoms with E-state index in [4.69, 9.17) is 21.1 Å². The van der Waals surface area contributed by atoms with Crippen LogP contribution in [0, 0.1) is 0 Å². The number of carbonyl (C=O) groups is 2. The van der Waals surface area contributed by atoms with Gasteiger partial charge in [0.15, 0.2) is 0 Å². The Hall–Kier alpha value is -3.76. The lowest BCUT2D eigenvalue weighted by atomic mass is 10.0. The molecular formula is C31H38ClN3O6S. The van der Waals surface area contributed by atoms with E-state index in [0.29, 0.717) is 22.8 Å². The van der Waals surface area contributed by atoms with Crippen molar-refractivity contribution >= 4 is 39.1 Å². The van der Waals surface area contributed by atoms with E-state index in [0.717, 1.165) is 16.1 Å². The summed E-state index contributed by atoms with van der Waals surface area (Å²) in [6.45, 7) is 3.29. The van der Waals surface area contributed by atoms with Crippen LogP contribution in [0.3, 0.4) is 0 Å². The fourth-order valence-corrected chi connectivity index (χ4v) is 5.47. The van der Waals surface area contributed by atoms with Gasteiger partial charge in [0.25, 0.3) is 0 Å². The molecule has 0 fully saturated rings. The Morgan fingerprint density at radius 1 is 0.952 bits per heavy atom. The van der Waals surface area contributed by atoms with Crippen LogP contribution in [-0.4, -0.2) is 64.2 Å². The van der Waals surface area contributed by atoms with Crippen LogP contribution in [0.5, 0.6) is 11.5 Å². The van der Waals surface area contributed by atoms with Gasteiger partial charge in [0.1, 0.15) is 24.1 Å². The molecule has 2 unspecified atom stereocenters. The minimum atomic E-state index is -3.98. The highest BCUT2D eigenvalue weighted by atomic mass is 35.5. The Bertz CT molecular complexity index is 1470. The first-order valence-corrected chi connectivity index (χ1v) is 15.8. The SMILES string of the molecule is CCC(C)NC(=O)C(Cc1ccccc1)N(Cc1cccc(Cl)c1)C(=O)CN(c1cc(OC)ccc1OC)S(C)(=O)=O. The molecule has 2 atom stereocenters. The monoisotopic (exact) mass is 615 g/mol. The van der Waals surface area contributed by atoms with Gasteiger partial charge in [0.05, 0.1) is 26.2 Å². The van der Waals surface area contributed by atoms with Gasteiger partial charge in [-0.15, -0.1) is 0 Å². The first kappa shape index (κ1) is 32.8. The number of hydrogen-bond acceptors (Lipinski definition) is 6. The van der Waals surface area contributed by atoms with Crippen LogP contribution in [0.1, 0.15) is 31.4 Å². The number of hydrogen-bond donors (Lipinski definition) is 1. The van der Waals surface area contributed by atoms with Crippen molar-refractivity contribution < 1.29 is 27.5 Å². The van der Waals surface area contributed by atoms with Crippen molar-refractivity contribution in [1.29, 1.82) is 0 Å². The second kappa shape index (κ2) is 14.9. The Labute approximate surface area is 253 Å². The average Bonchev–Trinajstić information content (AvgIpc) is 2.97. The smallest absolute Gasteiger partial charge is 0.244 e. The third-order valence-corrected chi connectivity index (χ3v) is 8.21. The molecule has 0 bridgehead atoms. The Balaban J connectivity index is 2.11. The Morgan fingerprint density at radius 3 is 2.24 bits per heavy atom. The molecule has 0 aliphatic carbocycles. The topological polar surface area (TPSA) is 105 Å². The molecule has 1 N–H and O–H groups in total. The van der Waals surface area contributed by atoms with Crippen LogP contribution >= 0.6 is 11.6 Å². The molecule has 42 heavy (non-hydrogen) atoms. The standard InChI is InChI=1S/C31H38ClN3O6S/c1-6-22(2)33-31(37)28(18-23-11-8-7-9-12-23)34(20-24-13-10-14-25(32)17-24)30(36)21-35(42(5,38)39)27-19-26(40-3)15-16-29(27)41-4/h7-17,19,22,28H,6,18,20-21H2,1-5H3,(H,33,37). The maximum absolute atomic E-state index is 14.2. The molecule has 0 heterocycles. The number of nitrogens with one attached hydrogen (secondary N) is 1. The summed E-state index contributed by atoms with van der Waals surface area (Å²) in [4.78, 5) is 29.4.